The second kappa shape index (κ2) is 6.81. The zero-order valence-electron chi connectivity index (χ0n) is 14.1. The summed E-state index contributed by atoms with van der Waals surface area (Å²) in [7, 11) is 1.68. The molecule has 2 fully saturated rings. The van der Waals surface area contributed by atoms with E-state index >= 15 is 0 Å². The molecule has 0 amide bonds. The maximum absolute atomic E-state index is 6.11. The Labute approximate surface area is 143 Å². The molecule has 0 radical (unpaired) electrons. The van der Waals surface area contributed by atoms with Crippen LogP contribution in [-0.2, 0) is 6.54 Å². The van der Waals surface area contributed by atoms with Crippen molar-refractivity contribution in [2.75, 3.05) is 13.7 Å². The Hall–Kier alpha value is -2.07. The van der Waals surface area contributed by atoms with Crippen molar-refractivity contribution in [3.8, 4) is 11.5 Å². The van der Waals surface area contributed by atoms with Crippen molar-refractivity contribution in [3.63, 3.8) is 0 Å². The molecule has 2 aromatic rings. The van der Waals surface area contributed by atoms with Gasteiger partial charge >= 0.3 is 0 Å². The third kappa shape index (κ3) is 3.11. The van der Waals surface area contributed by atoms with Gasteiger partial charge in [-0.15, -0.1) is 0 Å². The summed E-state index contributed by atoms with van der Waals surface area (Å²) in [5.74, 6) is 2.48. The standard InChI is InChI=1S/C20H24N2O2/c1-23-18-6-4-7-19(12-18)24-14-20-15-8-9-17(11-15)22(20)13-16-5-2-3-10-21-16/h2-7,10,12,15,17,20H,8-9,11,13-14H2,1H3/t15-,17-,20-/m0/s1. The highest BCUT2D eigenvalue weighted by molar-refractivity contribution is 5.32. The summed E-state index contributed by atoms with van der Waals surface area (Å²) in [4.78, 5) is 7.11. The van der Waals surface area contributed by atoms with Crippen molar-refractivity contribution in [3.05, 3.63) is 54.4 Å². The lowest BCUT2D eigenvalue weighted by Gasteiger charge is -2.34. The van der Waals surface area contributed by atoms with Crippen LogP contribution in [0.1, 0.15) is 25.0 Å². The summed E-state index contributed by atoms with van der Waals surface area (Å²) >= 11 is 0. The highest BCUT2D eigenvalue weighted by atomic mass is 16.5. The average molecular weight is 324 g/mol. The van der Waals surface area contributed by atoms with Gasteiger partial charge in [0.05, 0.1) is 12.8 Å². The summed E-state index contributed by atoms with van der Waals surface area (Å²) in [5.41, 5.74) is 1.15. The lowest BCUT2D eigenvalue weighted by molar-refractivity contribution is 0.0855. The van der Waals surface area contributed by atoms with E-state index in [9.17, 15) is 0 Å². The molecule has 2 bridgehead atoms. The molecule has 1 saturated heterocycles. The van der Waals surface area contributed by atoms with Crippen molar-refractivity contribution in [2.24, 2.45) is 5.92 Å². The number of hydrogen-bond acceptors (Lipinski definition) is 4. The van der Waals surface area contributed by atoms with Gasteiger partial charge < -0.3 is 9.47 Å². The van der Waals surface area contributed by atoms with Crippen molar-refractivity contribution in [2.45, 2.75) is 37.9 Å². The van der Waals surface area contributed by atoms with Gasteiger partial charge in [0.15, 0.2) is 0 Å². The lowest BCUT2D eigenvalue weighted by Crippen LogP contribution is -2.43. The van der Waals surface area contributed by atoms with E-state index in [4.69, 9.17) is 9.47 Å². The fraction of sp³-hybridized carbons (Fsp3) is 0.450. The second-order valence-corrected chi connectivity index (χ2v) is 6.78. The number of likely N-dealkylation sites (tertiary alicyclic amines) is 1. The minimum Gasteiger partial charge on any atom is -0.497 e. The van der Waals surface area contributed by atoms with Crippen molar-refractivity contribution >= 4 is 0 Å². The van der Waals surface area contributed by atoms with E-state index in [1.165, 1.54) is 19.3 Å². The number of piperidine rings is 1. The maximum Gasteiger partial charge on any atom is 0.123 e. The van der Waals surface area contributed by atoms with E-state index in [-0.39, 0.29) is 0 Å². The number of nitrogens with zero attached hydrogens (tertiary/aromatic N) is 2. The smallest absolute Gasteiger partial charge is 0.123 e. The molecule has 1 aromatic carbocycles. The first-order valence-electron chi connectivity index (χ1n) is 8.76. The van der Waals surface area contributed by atoms with Crippen molar-refractivity contribution in [1.82, 2.24) is 9.88 Å². The molecule has 1 aliphatic carbocycles. The Morgan fingerprint density at radius 1 is 1.12 bits per heavy atom. The zero-order chi connectivity index (χ0) is 16.4. The van der Waals surface area contributed by atoms with Crippen LogP contribution in [-0.4, -0.2) is 35.7 Å². The first-order chi connectivity index (χ1) is 11.8. The molecule has 1 saturated carbocycles. The Kier molecular flexibility index (Phi) is 4.39. The molecule has 1 aromatic heterocycles. The lowest BCUT2D eigenvalue weighted by atomic mass is 9.99. The molecule has 0 N–H and O–H groups in total. The molecule has 24 heavy (non-hydrogen) atoms. The summed E-state index contributed by atoms with van der Waals surface area (Å²) < 4.78 is 11.4. The van der Waals surface area contributed by atoms with Crippen molar-refractivity contribution in [1.29, 1.82) is 0 Å². The van der Waals surface area contributed by atoms with Gasteiger partial charge in [-0.25, -0.2) is 0 Å². The largest absolute Gasteiger partial charge is 0.497 e. The van der Waals surface area contributed by atoms with Gasteiger partial charge in [-0.2, -0.15) is 0 Å². The number of aromatic nitrogens is 1. The van der Waals surface area contributed by atoms with Gasteiger partial charge in [-0.3, -0.25) is 9.88 Å². The number of fused-ring (bicyclic) bond motifs is 2. The molecule has 0 unspecified atom stereocenters. The molecule has 0 spiro atoms. The maximum atomic E-state index is 6.11. The average Bonchev–Trinajstić information content (AvgIpc) is 3.23. The molecular weight excluding hydrogens is 300 g/mol. The highest BCUT2D eigenvalue weighted by Gasteiger charge is 2.45. The third-order valence-corrected chi connectivity index (χ3v) is 5.42. The van der Waals surface area contributed by atoms with Crippen LogP contribution >= 0.6 is 0 Å². The molecule has 3 atom stereocenters. The van der Waals surface area contributed by atoms with Gasteiger partial charge in [0, 0.05) is 30.9 Å². The molecule has 4 rings (SSSR count). The summed E-state index contributed by atoms with van der Waals surface area (Å²) in [5, 5.41) is 0. The van der Waals surface area contributed by atoms with Crippen LogP contribution in [0.5, 0.6) is 11.5 Å². The first-order valence-corrected chi connectivity index (χ1v) is 8.76. The van der Waals surface area contributed by atoms with E-state index in [0.717, 1.165) is 36.3 Å². The van der Waals surface area contributed by atoms with Gasteiger partial charge in [0.1, 0.15) is 18.1 Å². The molecule has 126 valence electrons. The van der Waals surface area contributed by atoms with Gasteiger partial charge in [0.25, 0.3) is 0 Å². The van der Waals surface area contributed by atoms with Gasteiger partial charge in [0.2, 0.25) is 0 Å². The number of rotatable bonds is 6. The second-order valence-electron chi connectivity index (χ2n) is 6.78. The van der Waals surface area contributed by atoms with Crippen LogP contribution in [0.2, 0.25) is 0 Å². The Bertz CT molecular complexity index is 676. The number of hydrogen-bond donors (Lipinski definition) is 0. The Balaban J connectivity index is 1.44. The van der Waals surface area contributed by atoms with E-state index < -0.39 is 0 Å². The molecule has 4 heteroatoms. The molecule has 2 heterocycles. The SMILES string of the molecule is COc1cccc(OC[C@H]2[C@H]3CC[C@@H](C3)N2Cc2ccccn2)c1. The molecular formula is C20H24N2O2. The van der Waals surface area contributed by atoms with Crippen LogP contribution in [0.3, 0.4) is 0 Å². The molecule has 1 aliphatic heterocycles. The normalized spacial score (nSPS) is 25.8. The number of benzene rings is 1. The zero-order valence-corrected chi connectivity index (χ0v) is 14.1. The Morgan fingerprint density at radius 3 is 2.88 bits per heavy atom. The fourth-order valence-corrected chi connectivity index (χ4v) is 4.21. The topological polar surface area (TPSA) is 34.6 Å². The first kappa shape index (κ1) is 15.5. The third-order valence-electron chi connectivity index (χ3n) is 5.42. The highest BCUT2D eigenvalue weighted by Crippen LogP contribution is 2.43. The predicted octanol–water partition coefficient (Wildman–Crippen LogP) is 3.52. The summed E-state index contributed by atoms with van der Waals surface area (Å²) in [6.45, 7) is 1.66. The van der Waals surface area contributed by atoms with E-state index in [0.29, 0.717) is 12.1 Å². The van der Waals surface area contributed by atoms with Gasteiger partial charge in [-0.1, -0.05) is 12.1 Å². The van der Waals surface area contributed by atoms with Gasteiger partial charge in [-0.05, 0) is 49.4 Å². The molecule has 2 aliphatic rings. The fourth-order valence-electron chi connectivity index (χ4n) is 4.21. The quantitative estimate of drug-likeness (QED) is 0.814. The molecule has 4 nitrogen and oxygen atoms in total. The van der Waals surface area contributed by atoms with Crippen LogP contribution in [0, 0.1) is 5.92 Å². The van der Waals surface area contributed by atoms with E-state index in [1.54, 1.807) is 7.11 Å². The van der Waals surface area contributed by atoms with Crippen LogP contribution < -0.4 is 9.47 Å². The van der Waals surface area contributed by atoms with Crippen LogP contribution in [0.4, 0.5) is 0 Å². The number of ether oxygens (including phenoxy) is 2. The summed E-state index contributed by atoms with van der Waals surface area (Å²) in [6.07, 6.45) is 5.83. The summed E-state index contributed by atoms with van der Waals surface area (Å²) in [6, 6.07) is 15.2. The number of methoxy groups -OCH3 is 1. The number of pyridine rings is 1. The van der Waals surface area contributed by atoms with Crippen molar-refractivity contribution < 1.29 is 9.47 Å². The van der Waals surface area contributed by atoms with E-state index in [1.807, 2.05) is 36.5 Å². The van der Waals surface area contributed by atoms with Crippen LogP contribution in [0.15, 0.2) is 48.7 Å². The Morgan fingerprint density at radius 2 is 2.04 bits per heavy atom. The van der Waals surface area contributed by atoms with E-state index in [2.05, 4.69) is 22.0 Å². The van der Waals surface area contributed by atoms with Crippen LogP contribution in [0.25, 0.3) is 0 Å². The predicted molar refractivity (Wildman–Crippen MR) is 93.2 cm³/mol. The minimum atomic E-state index is 0.483. The minimum absolute atomic E-state index is 0.483. The monoisotopic (exact) mass is 324 g/mol.